The van der Waals surface area contributed by atoms with Gasteiger partial charge in [-0.3, -0.25) is 4.79 Å². The highest BCUT2D eigenvalue weighted by Crippen LogP contribution is 2.06. The summed E-state index contributed by atoms with van der Waals surface area (Å²) in [4.78, 5) is 20.5. The van der Waals surface area contributed by atoms with Gasteiger partial charge in [0, 0.05) is 31.9 Å². The number of amides is 1. The van der Waals surface area contributed by atoms with Crippen molar-refractivity contribution in [2.45, 2.75) is 6.92 Å². The monoisotopic (exact) mass is 219 g/mol. The molecule has 0 bridgehead atoms. The van der Waals surface area contributed by atoms with Gasteiger partial charge in [-0.2, -0.15) is 0 Å². The summed E-state index contributed by atoms with van der Waals surface area (Å²) in [5.41, 5.74) is 1.45. The van der Waals surface area contributed by atoms with E-state index in [1.807, 2.05) is 24.0 Å². The van der Waals surface area contributed by atoms with Crippen molar-refractivity contribution in [3.63, 3.8) is 0 Å². The molecule has 1 aliphatic rings. The second-order valence-corrected chi connectivity index (χ2v) is 4.26. The van der Waals surface area contributed by atoms with Gasteiger partial charge in [-0.25, -0.2) is 4.98 Å². The molecule has 0 spiro atoms. The van der Waals surface area contributed by atoms with Crippen molar-refractivity contribution in [2.75, 3.05) is 33.2 Å². The van der Waals surface area contributed by atoms with Crippen LogP contribution in [-0.4, -0.2) is 53.9 Å². The predicted molar refractivity (Wildman–Crippen MR) is 62.4 cm³/mol. The quantitative estimate of drug-likeness (QED) is 0.700. The van der Waals surface area contributed by atoms with Crippen LogP contribution in [0.1, 0.15) is 16.2 Å². The van der Waals surface area contributed by atoms with Gasteiger partial charge in [0.1, 0.15) is 5.69 Å². The third-order valence-electron chi connectivity index (χ3n) is 2.90. The lowest BCUT2D eigenvalue weighted by atomic mass is 10.2. The molecule has 0 radical (unpaired) electrons. The summed E-state index contributed by atoms with van der Waals surface area (Å²) < 4.78 is 0. The van der Waals surface area contributed by atoms with E-state index in [0.717, 1.165) is 31.9 Å². The van der Waals surface area contributed by atoms with Crippen LogP contribution in [0, 0.1) is 6.92 Å². The van der Waals surface area contributed by atoms with Crippen molar-refractivity contribution < 1.29 is 4.79 Å². The second kappa shape index (κ2) is 4.61. The van der Waals surface area contributed by atoms with E-state index in [9.17, 15) is 4.79 Å². The zero-order valence-corrected chi connectivity index (χ0v) is 9.81. The fourth-order valence-electron chi connectivity index (χ4n) is 1.83. The van der Waals surface area contributed by atoms with Gasteiger partial charge in [0.15, 0.2) is 0 Å². The molecule has 0 saturated carbocycles. The first kappa shape index (κ1) is 11.1. The Bertz CT molecular complexity index is 384. The molecule has 0 aliphatic carbocycles. The number of hydrogen-bond donors (Lipinski definition) is 0. The van der Waals surface area contributed by atoms with E-state index in [0.29, 0.717) is 5.69 Å². The fraction of sp³-hybridized carbons (Fsp3) is 0.500. The number of carbonyl (C=O) groups excluding carboxylic acids is 1. The van der Waals surface area contributed by atoms with Gasteiger partial charge < -0.3 is 9.80 Å². The number of carbonyl (C=O) groups is 1. The molecule has 0 atom stereocenters. The van der Waals surface area contributed by atoms with E-state index in [1.165, 1.54) is 0 Å². The van der Waals surface area contributed by atoms with Crippen molar-refractivity contribution in [1.29, 1.82) is 0 Å². The number of pyridine rings is 1. The van der Waals surface area contributed by atoms with Crippen LogP contribution in [0.15, 0.2) is 18.2 Å². The third kappa shape index (κ3) is 2.39. The van der Waals surface area contributed by atoms with Gasteiger partial charge in [0.05, 0.1) is 0 Å². The molecule has 4 nitrogen and oxygen atoms in total. The Labute approximate surface area is 95.9 Å². The number of nitrogens with zero attached hydrogens (tertiary/aromatic N) is 3. The van der Waals surface area contributed by atoms with Gasteiger partial charge in [-0.05, 0) is 26.1 Å². The summed E-state index contributed by atoms with van der Waals surface area (Å²) in [6.07, 6.45) is 0. The van der Waals surface area contributed by atoms with E-state index in [-0.39, 0.29) is 5.91 Å². The maximum atomic E-state index is 12.1. The summed E-state index contributed by atoms with van der Waals surface area (Å²) in [6.45, 7) is 5.38. The second-order valence-electron chi connectivity index (χ2n) is 4.26. The van der Waals surface area contributed by atoms with Crippen LogP contribution in [0.25, 0.3) is 0 Å². The maximum absolute atomic E-state index is 12.1. The number of aromatic nitrogens is 1. The lowest BCUT2D eigenvalue weighted by Crippen LogP contribution is -2.47. The largest absolute Gasteiger partial charge is 0.335 e. The van der Waals surface area contributed by atoms with Crippen LogP contribution >= 0.6 is 0 Å². The standard InChI is InChI=1S/C12H17N3O/c1-10-4-3-5-11(13-10)12(16)15-8-6-14(2)7-9-15/h3-5H,6-9H2,1-2H3. The first-order valence-corrected chi connectivity index (χ1v) is 5.58. The maximum Gasteiger partial charge on any atom is 0.272 e. The molecular formula is C12H17N3O. The van der Waals surface area contributed by atoms with Gasteiger partial charge in [0.25, 0.3) is 5.91 Å². The smallest absolute Gasteiger partial charge is 0.272 e. The summed E-state index contributed by atoms with van der Waals surface area (Å²) in [5, 5.41) is 0. The lowest BCUT2D eigenvalue weighted by molar-refractivity contribution is 0.0658. The first-order valence-electron chi connectivity index (χ1n) is 5.58. The van der Waals surface area contributed by atoms with Gasteiger partial charge in [-0.15, -0.1) is 0 Å². The summed E-state index contributed by atoms with van der Waals surface area (Å²) >= 11 is 0. The number of aryl methyl sites for hydroxylation is 1. The van der Waals surface area contributed by atoms with E-state index in [1.54, 1.807) is 6.07 Å². The average molecular weight is 219 g/mol. The Hall–Kier alpha value is -1.42. The van der Waals surface area contributed by atoms with E-state index >= 15 is 0 Å². The van der Waals surface area contributed by atoms with Crippen molar-refractivity contribution in [2.24, 2.45) is 0 Å². The Morgan fingerprint density at radius 3 is 2.56 bits per heavy atom. The highest BCUT2D eigenvalue weighted by Gasteiger charge is 2.20. The van der Waals surface area contributed by atoms with E-state index < -0.39 is 0 Å². The average Bonchev–Trinajstić information content (AvgIpc) is 2.29. The molecule has 0 aromatic carbocycles. The molecule has 0 N–H and O–H groups in total. The molecule has 2 heterocycles. The highest BCUT2D eigenvalue weighted by atomic mass is 16.2. The molecular weight excluding hydrogens is 202 g/mol. The molecule has 1 aromatic rings. The van der Waals surface area contributed by atoms with Crippen LogP contribution in [0.3, 0.4) is 0 Å². The van der Waals surface area contributed by atoms with Crippen LogP contribution < -0.4 is 0 Å². The number of hydrogen-bond acceptors (Lipinski definition) is 3. The molecule has 86 valence electrons. The summed E-state index contributed by atoms with van der Waals surface area (Å²) in [6, 6.07) is 5.57. The Morgan fingerprint density at radius 2 is 1.94 bits per heavy atom. The van der Waals surface area contributed by atoms with Crippen LogP contribution in [0.4, 0.5) is 0 Å². The van der Waals surface area contributed by atoms with E-state index in [4.69, 9.17) is 0 Å². The molecule has 1 aromatic heterocycles. The minimum atomic E-state index is 0.0526. The van der Waals surface area contributed by atoms with Gasteiger partial charge in [0.2, 0.25) is 0 Å². The Kier molecular flexibility index (Phi) is 3.19. The molecule has 16 heavy (non-hydrogen) atoms. The zero-order chi connectivity index (χ0) is 11.5. The topological polar surface area (TPSA) is 36.4 Å². The minimum absolute atomic E-state index is 0.0526. The van der Waals surface area contributed by atoms with Crippen LogP contribution in [-0.2, 0) is 0 Å². The normalized spacial score (nSPS) is 17.5. The van der Waals surface area contributed by atoms with Crippen molar-refractivity contribution in [3.8, 4) is 0 Å². The molecule has 1 saturated heterocycles. The van der Waals surface area contributed by atoms with Crippen LogP contribution in [0.2, 0.25) is 0 Å². The Morgan fingerprint density at radius 1 is 1.25 bits per heavy atom. The predicted octanol–water partition coefficient (Wildman–Crippen LogP) is 0.778. The molecule has 1 amide bonds. The molecule has 0 unspecified atom stereocenters. The summed E-state index contributed by atoms with van der Waals surface area (Å²) in [7, 11) is 2.08. The van der Waals surface area contributed by atoms with E-state index in [2.05, 4.69) is 16.9 Å². The molecule has 2 rings (SSSR count). The van der Waals surface area contributed by atoms with Crippen molar-refractivity contribution in [3.05, 3.63) is 29.6 Å². The lowest BCUT2D eigenvalue weighted by Gasteiger charge is -2.32. The number of rotatable bonds is 1. The SMILES string of the molecule is Cc1cccc(C(=O)N2CCN(C)CC2)n1. The van der Waals surface area contributed by atoms with Crippen molar-refractivity contribution >= 4 is 5.91 Å². The minimum Gasteiger partial charge on any atom is -0.335 e. The Balaban J connectivity index is 2.08. The molecule has 1 fully saturated rings. The first-order chi connectivity index (χ1) is 7.66. The third-order valence-corrected chi connectivity index (χ3v) is 2.90. The van der Waals surface area contributed by atoms with Gasteiger partial charge in [-0.1, -0.05) is 6.07 Å². The molecule has 4 heteroatoms. The van der Waals surface area contributed by atoms with Crippen LogP contribution in [0.5, 0.6) is 0 Å². The number of likely N-dealkylation sites (N-methyl/N-ethyl adjacent to an activating group) is 1. The fourth-order valence-corrected chi connectivity index (χ4v) is 1.83. The van der Waals surface area contributed by atoms with Gasteiger partial charge >= 0.3 is 0 Å². The molecule has 1 aliphatic heterocycles. The highest BCUT2D eigenvalue weighted by molar-refractivity contribution is 5.92. The summed E-state index contributed by atoms with van der Waals surface area (Å²) in [5.74, 6) is 0.0526. The van der Waals surface area contributed by atoms with Crippen molar-refractivity contribution in [1.82, 2.24) is 14.8 Å². The number of piperazine rings is 1. The zero-order valence-electron chi connectivity index (χ0n) is 9.81.